The summed E-state index contributed by atoms with van der Waals surface area (Å²) in [6.07, 6.45) is -2.17. The summed E-state index contributed by atoms with van der Waals surface area (Å²) < 4.78 is 79.9. The molecule has 10 nitrogen and oxygen atoms in total. The highest BCUT2D eigenvalue weighted by Gasteiger charge is 2.29. The first-order valence-electron chi connectivity index (χ1n) is 13.1. The number of carbonyl (C=O) groups excluding carboxylic acids is 1. The van der Waals surface area contributed by atoms with Crippen LogP contribution in [0.2, 0.25) is 0 Å². The van der Waals surface area contributed by atoms with Crippen molar-refractivity contribution in [3.63, 3.8) is 0 Å². The first-order chi connectivity index (χ1) is 21.2. The molecule has 236 valence electrons. The zero-order chi connectivity index (χ0) is 32.8. The molecule has 5 N–H and O–H groups in total. The molecular weight excluding hydrogens is 618 g/mol. The number of aliphatic hydroxyl groups excluding tert-OH is 1. The molecule has 0 saturated heterocycles. The van der Waals surface area contributed by atoms with Crippen molar-refractivity contribution in [1.29, 1.82) is 5.41 Å². The number of hydrogen-bond donors (Lipinski definition) is 5. The number of aliphatic hydroxyl groups is 1. The van der Waals surface area contributed by atoms with E-state index in [1.54, 1.807) is 42.6 Å². The lowest BCUT2D eigenvalue weighted by atomic mass is 9.99. The lowest BCUT2D eigenvalue weighted by Gasteiger charge is -2.15. The van der Waals surface area contributed by atoms with Crippen LogP contribution in [0, 0.1) is 11.2 Å². The number of H-pyrrole nitrogens is 1. The summed E-state index contributed by atoms with van der Waals surface area (Å²) in [7, 11) is -3.73. The molecule has 0 unspecified atom stereocenters. The van der Waals surface area contributed by atoms with Gasteiger partial charge in [0.2, 0.25) is 11.9 Å². The molecular formula is C30H27F4N5O5S. The van der Waals surface area contributed by atoms with Gasteiger partial charge in [-0.15, -0.1) is 0 Å². The lowest BCUT2D eigenvalue weighted by Crippen LogP contribution is -2.23. The van der Waals surface area contributed by atoms with Crippen LogP contribution in [0.5, 0.6) is 5.75 Å². The molecule has 4 aromatic rings. The van der Waals surface area contributed by atoms with E-state index in [1.807, 2.05) is 0 Å². The van der Waals surface area contributed by atoms with Crippen LogP contribution in [-0.2, 0) is 14.6 Å². The Morgan fingerprint density at radius 3 is 2.24 bits per heavy atom. The number of pyridine rings is 1. The summed E-state index contributed by atoms with van der Waals surface area (Å²) in [5, 5.41) is 23.1. The van der Waals surface area contributed by atoms with Gasteiger partial charge in [-0.3, -0.25) is 10.2 Å². The molecule has 0 spiro atoms. The summed E-state index contributed by atoms with van der Waals surface area (Å²) >= 11 is 0. The number of amides is 1. The number of benzene rings is 3. The Kier molecular flexibility index (Phi) is 10.0. The fourth-order valence-corrected chi connectivity index (χ4v) is 4.70. The Labute approximate surface area is 254 Å². The third-order valence-corrected chi connectivity index (χ3v) is 7.42. The van der Waals surface area contributed by atoms with Gasteiger partial charge in [-0.2, -0.15) is 18.2 Å². The Hall–Kier alpha value is -5.02. The molecule has 0 bridgehead atoms. The van der Waals surface area contributed by atoms with Crippen LogP contribution in [0.15, 0.2) is 94.9 Å². The van der Waals surface area contributed by atoms with Crippen molar-refractivity contribution < 1.29 is 40.6 Å². The normalized spacial score (nSPS) is 12.8. The molecule has 45 heavy (non-hydrogen) atoms. The number of sulfone groups is 1. The van der Waals surface area contributed by atoms with Crippen LogP contribution in [0.1, 0.15) is 11.5 Å². The molecule has 15 heteroatoms. The van der Waals surface area contributed by atoms with Crippen LogP contribution in [0.3, 0.4) is 0 Å². The highest BCUT2D eigenvalue weighted by atomic mass is 32.2. The zero-order valence-electron chi connectivity index (χ0n) is 23.5. The number of halogens is 4. The van der Waals surface area contributed by atoms with E-state index in [4.69, 9.17) is 10.1 Å². The standard InChI is InChI=1S/C30H27F4N5O5S/c1-45(42,43)23-11-12-25(26(14-23)44-17-30(32,33)34)38-29(35)39-27-13-6-20(15-36-27)18-4-9-22(10-5-18)37-28(41)24(16-40)19-2-7-21(31)8-3-19/h2-15,24,40H,16-17H2,1H3,(H,37,41)(H3,35,36,38,39)/t24-/m1/s1. The number of rotatable bonds is 9. The van der Waals surface area contributed by atoms with Crippen LogP contribution in [-0.4, -0.2) is 56.0 Å². The number of hydrogen-bond acceptors (Lipinski definition) is 6. The number of alkyl halides is 3. The van der Waals surface area contributed by atoms with Gasteiger partial charge in [-0.1, -0.05) is 24.3 Å². The molecule has 0 radical (unpaired) electrons. The van der Waals surface area contributed by atoms with E-state index in [-0.39, 0.29) is 16.1 Å². The largest absolute Gasteiger partial charge is 0.482 e. The number of ether oxygens (including phenoxy) is 1. The van der Waals surface area contributed by atoms with Crippen molar-refractivity contribution >= 4 is 33.1 Å². The number of carbonyl (C=O) groups is 1. The van der Waals surface area contributed by atoms with Gasteiger partial charge in [0.1, 0.15) is 17.1 Å². The van der Waals surface area contributed by atoms with Crippen LogP contribution in [0.25, 0.3) is 11.1 Å². The van der Waals surface area contributed by atoms with E-state index in [1.165, 1.54) is 36.4 Å². The number of guanidine groups is 1. The zero-order valence-corrected chi connectivity index (χ0v) is 24.3. The second-order valence-electron chi connectivity index (χ2n) is 9.74. The summed E-state index contributed by atoms with van der Waals surface area (Å²) in [5.74, 6) is -2.68. The molecule has 0 aliphatic heterocycles. The van der Waals surface area contributed by atoms with Crippen LogP contribution >= 0.6 is 0 Å². The van der Waals surface area contributed by atoms with Crippen molar-refractivity contribution in [3.05, 3.63) is 102 Å². The van der Waals surface area contributed by atoms with Gasteiger partial charge in [0.25, 0.3) is 0 Å². The molecule has 1 atom stereocenters. The van der Waals surface area contributed by atoms with Gasteiger partial charge in [-0.25, -0.2) is 12.8 Å². The molecule has 3 aromatic carbocycles. The lowest BCUT2D eigenvalue weighted by molar-refractivity contribution is -0.153. The van der Waals surface area contributed by atoms with Crippen molar-refractivity contribution in [2.24, 2.45) is 4.99 Å². The van der Waals surface area contributed by atoms with Gasteiger partial charge >= 0.3 is 6.18 Å². The maximum absolute atomic E-state index is 13.2. The van der Waals surface area contributed by atoms with Gasteiger partial charge in [0.05, 0.1) is 23.1 Å². The van der Waals surface area contributed by atoms with Crippen molar-refractivity contribution in [1.82, 2.24) is 4.98 Å². The van der Waals surface area contributed by atoms with E-state index in [2.05, 4.69) is 20.6 Å². The average molecular weight is 646 g/mol. The Morgan fingerprint density at radius 1 is 1.00 bits per heavy atom. The summed E-state index contributed by atoms with van der Waals surface area (Å²) in [6.45, 7) is -2.13. The SMILES string of the molecule is CS(=O)(=O)c1ccc(NC(=N)/N=c2/ccc(-c3ccc(NC(=O)[C@H](CO)c4ccc(F)cc4)cc3)c[nH]2)c(OCC(F)(F)F)c1. The quantitative estimate of drug-likeness (QED) is 0.0998. The van der Waals surface area contributed by atoms with Gasteiger partial charge in [-0.05, 0) is 65.2 Å². The van der Waals surface area contributed by atoms with Crippen molar-refractivity contribution in [2.75, 3.05) is 30.1 Å². The second-order valence-corrected chi connectivity index (χ2v) is 11.8. The number of nitrogens with zero attached hydrogens (tertiary/aromatic N) is 1. The Bertz CT molecular complexity index is 1840. The summed E-state index contributed by atoms with van der Waals surface area (Å²) in [4.78, 5) is 19.4. The summed E-state index contributed by atoms with van der Waals surface area (Å²) in [6, 6.07) is 18.7. The number of aromatic nitrogens is 1. The minimum atomic E-state index is -4.67. The fraction of sp³-hybridized carbons (Fsp3) is 0.167. The molecule has 0 aliphatic carbocycles. The third kappa shape index (κ3) is 9.23. The molecule has 1 aromatic heterocycles. The molecule has 0 aliphatic rings. The number of anilines is 2. The van der Waals surface area contributed by atoms with Crippen LogP contribution < -0.4 is 20.9 Å². The molecule has 0 fully saturated rings. The third-order valence-electron chi connectivity index (χ3n) is 6.31. The predicted octanol–water partition coefficient (Wildman–Crippen LogP) is 4.83. The van der Waals surface area contributed by atoms with Crippen LogP contribution in [0.4, 0.5) is 28.9 Å². The first-order valence-corrected chi connectivity index (χ1v) is 15.0. The maximum Gasteiger partial charge on any atom is 0.422 e. The van der Waals surface area contributed by atoms with E-state index in [9.17, 15) is 35.9 Å². The van der Waals surface area contributed by atoms with Gasteiger partial charge in [0.15, 0.2) is 16.4 Å². The maximum atomic E-state index is 13.2. The topological polar surface area (TPSA) is 157 Å². The monoisotopic (exact) mass is 645 g/mol. The molecule has 1 heterocycles. The Morgan fingerprint density at radius 2 is 1.67 bits per heavy atom. The minimum Gasteiger partial charge on any atom is -0.482 e. The Balaban J connectivity index is 1.44. The highest BCUT2D eigenvalue weighted by molar-refractivity contribution is 7.90. The van der Waals surface area contributed by atoms with Gasteiger partial charge < -0.3 is 25.5 Å². The van der Waals surface area contributed by atoms with E-state index in [0.29, 0.717) is 11.3 Å². The van der Waals surface area contributed by atoms with E-state index in [0.717, 1.165) is 23.4 Å². The van der Waals surface area contributed by atoms with Crippen molar-refractivity contribution in [2.45, 2.75) is 17.0 Å². The molecule has 0 saturated carbocycles. The first kappa shape index (κ1) is 32.9. The summed E-state index contributed by atoms with van der Waals surface area (Å²) in [5.41, 5.74) is 2.57. The van der Waals surface area contributed by atoms with E-state index < -0.39 is 58.6 Å². The minimum absolute atomic E-state index is 0.0906. The molecule has 4 rings (SSSR count). The van der Waals surface area contributed by atoms with Gasteiger partial charge in [0, 0.05) is 24.2 Å². The highest BCUT2D eigenvalue weighted by Crippen LogP contribution is 2.30. The van der Waals surface area contributed by atoms with Crippen molar-refractivity contribution in [3.8, 4) is 16.9 Å². The fourth-order valence-electron chi connectivity index (χ4n) is 4.07. The number of nitrogens with one attached hydrogen (secondary N) is 4. The number of aromatic amines is 1. The van der Waals surface area contributed by atoms with E-state index >= 15 is 0 Å². The predicted molar refractivity (Wildman–Crippen MR) is 159 cm³/mol. The average Bonchev–Trinajstić information content (AvgIpc) is 2.98. The molecule has 1 amide bonds. The second kappa shape index (κ2) is 13.7. The smallest absolute Gasteiger partial charge is 0.422 e.